The summed E-state index contributed by atoms with van der Waals surface area (Å²) in [6, 6.07) is 9.63. The maximum Gasteiger partial charge on any atom is 0.407 e. The van der Waals surface area contributed by atoms with Gasteiger partial charge in [0.05, 0.1) is 25.0 Å². The third-order valence-corrected chi connectivity index (χ3v) is 7.01. The average molecular weight is 635 g/mol. The zero-order valence-electron chi connectivity index (χ0n) is 28.3. The van der Waals surface area contributed by atoms with E-state index in [9.17, 15) is 19.2 Å². The van der Waals surface area contributed by atoms with Gasteiger partial charge in [-0.3, -0.25) is 14.5 Å². The Labute approximate surface area is 268 Å². The molecule has 2 amide bonds. The largest absolute Gasteiger partial charge is 0.466 e. The average Bonchev–Trinajstić information content (AvgIpc) is 2.93. The van der Waals surface area contributed by atoms with E-state index in [4.69, 9.17) is 18.9 Å². The Bertz CT molecular complexity index is 1090. The van der Waals surface area contributed by atoms with E-state index in [1.807, 2.05) is 39.0 Å². The van der Waals surface area contributed by atoms with Crippen LogP contribution in [0.5, 0.6) is 0 Å². The van der Waals surface area contributed by atoms with Crippen LogP contribution in [0.4, 0.5) is 9.59 Å². The topological polar surface area (TPSA) is 145 Å². The molecule has 0 bridgehead atoms. The predicted molar refractivity (Wildman–Crippen MR) is 170 cm³/mol. The van der Waals surface area contributed by atoms with Crippen molar-refractivity contribution in [2.24, 2.45) is 11.8 Å². The highest BCUT2D eigenvalue weighted by molar-refractivity contribution is 5.76. The van der Waals surface area contributed by atoms with Crippen molar-refractivity contribution in [3.63, 3.8) is 0 Å². The van der Waals surface area contributed by atoms with E-state index in [-0.39, 0.29) is 29.9 Å². The van der Waals surface area contributed by atoms with Crippen molar-refractivity contribution >= 4 is 24.1 Å². The van der Waals surface area contributed by atoms with Crippen LogP contribution in [-0.4, -0.2) is 91.7 Å². The lowest BCUT2D eigenvalue weighted by atomic mass is 9.91. The third-order valence-electron chi connectivity index (χ3n) is 7.01. The molecule has 2 aliphatic heterocycles. The van der Waals surface area contributed by atoms with Gasteiger partial charge in [-0.15, -0.1) is 0 Å². The van der Waals surface area contributed by atoms with Gasteiger partial charge in [0.2, 0.25) is 0 Å². The first kappa shape index (κ1) is 37.8. The monoisotopic (exact) mass is 634 g/mol. The van der Waals surface area contributed by atoms with Crippen molar-refractivity contribution < 1.29 is 38.1 Å². The van der Waals surface area contributed by atoms with Crippen molar-refractivity contribution in [2.45, 2.75) is 98.1 Å². The fourth-order valence-corrected chi connectivity index (χ4v) is 5.11. The van der Waals surface area contributed by atoms with Gasteiger partial charge in [0.15, 0.2) is 0 Å². The minimum Gasteiger partial charge on any atom is -0.466 e. The second-order valence-electron chi connectivity index (χ2n) is 13.2. The number of carbonyl (C=O) groups excluding carboxylic acids is 4. The number of nitrogens with zero attached hydrogens (tertiary/aromatic N) is 1. The number of esters is 2. The summed E-state index contributed by atoms with van der Waals surface area (Å²) in [5.74, 6) is -1.32. The normalized spacial score (nSPS) is 22.1. The summed E-state index contributed by atoms with van der Waals surface area (Å²) >= 11 is 0. The molecule has 0 aliphatic carbocycles. The SMILES string of the molecule is CCOC(=O)C1CN(Cc2ccccc2)CCC1NC(=O)OC(C)(C)C.CCOC(=O)C1CNCCC1NC(=O)OC(C)(C)C. The maximum atomic E-state index is 12.4. The standard InChI is InChI=1S/C20H30N2O4.C13H24N2O4/c1-5-25-18(23)16-14-22(13-15-9-7-6-8-10-15)12-11-17(16)21-19(24)26-20(2,3)4;1-5-18-11(16)9-8-14-7-6-10(9)15-12(17)19-13(2,3)4/h6-10,16-17H,5,11-14H2,1-4H3,(H,21,24);9-10,14H,5-8H2,1-4H3,(H,15,17). The van der Waals surface area contributed by atoms with E-state index in [1.54, 1.807) is 34.6 Å². The molecular formula is C33H54N4O8. The number of hydrogen-bond donors (Lipinski definition) is 3. The number of alkyl carbamates (subject to hydrolysis) is 2. The first-order chi connectivity index (χ1) is 21.1. The fraction of sp³-hybridized carbons (Fsp3) is 0.697. The summed E-state index contributed by atoms with van der Waals surface area (Å²) in [5, 5.41) is 8.76. The van der Waals surface area contributed by atoms with Gasteiger partial charge in [-0.2, -0.15) is 0 Å². The molecule has 0 spiro atoms. The molecule has 254 valence electrons. The second kappa shape index (κ2) is 17.9. The molecule has 4 atom stereocenters. The number of carbonyl (C=O) groups is 4. The smallest absolute Gasteiger partial charge is 0.407 e. The van der Waals surface area contributed by atoms with E-state index in [2.05, 4.69) is 33.0 Å². The molecular weight excluding hydrogens is 580 g/mol. The number of hydrogen-bond acceptors (Lipinski definition) is 10. The molecule has 3 N–H and O–H groups in total. The van der Waals surface area contributed by atoms with Crippen molar-refractivity contribution in [3.8, 4) is 0 Å². The number of piperidine rings is 2. The van der Waals surface area contributed by atoms with E-state index in [0.717, 1.165) is 19.6 Å². The zero-order valence-corrected chi connectivity index (χ0v) is 28.3. The van der Waals surface area contributed by atoms with Gasteiger partial charge >= 0.3 is 24.1 Å². The third kappa shape index (κ3) is 14.5. The quantitative estimate of drug-likeness (QED) is 0.283. The van der Waals surface area contributed by atoms with Crippen LogP contribution < -0.4 is 16.0 Å². The van der Waals surface area contributed by atoms with Gasteiger partial charge < -0.3 is 34.9 Å². The lowest BCUT2D eigenvalue weighted by molar-refractivity contribution is -0.151. The van der Waals surface area contributed by atoms with Crippen molar-refractivity contribution in [3.05, 3.63) is 35.9 Å². The van der Waals surface area contributed by atoms with E-state index in [1.165, 1.54) is 5.56 Å². The fourth-order valence-electron chi connectivity index (χ4n) is 5.11. The van der Waals surface area contributed by atoms with Crippen molar-refractivity contribution in [2.75, 3.05) is 39.4 Å². The predicted octanol–water partition coefficient (Wildman–Crippen LogP) is 4.02. The van der Waals surface area contributed by atoms with Crippen molar-refractivity contribution in [1.29, 1.82) is 0 Å². The number of likely N-dealkylation sites (tertiary alicyclic amines) is 1. The molecule has 1 aromatic rings. The number of ether oxygens (including phenoxy) is 4. The molecule has 2 saturated heterocycles. The number of rotatable bonds is 8. The molecule has 1 aromatic carbocycles. The minimum absolute atomic E-state index is 0.241. The summed E-state index contributed by atoms with van der Waals surface area (Å²) in [4.78, 5) is 50.4. The summed E-state index contributed by atoms with van der Waals surface area (Å²) in [6.07, 6.45) is 0.375. The van der Waals surface area contributed by atoms with Crippen LogP contribution in [0, 0.1) is 11.8 Å². The Morgan fingerprint density at radius 3 is 1.82 bits per heavy atom. The zero-order chi connectivity index (χ0) is 33.6. The van der Waals surface area contributed by atoms with Crippen LogP contribution in [-0.2, 0) is 35.1 Å². The van der Waals surface area contributed by atoms with Gasteiger partial charge in [-0.25, -0.2) is 9.59 Å². The van der Waals surface area contributed by atoms with Gasteiger partial charge in [-0.05, 0) is 80.3 Å². The minimum atomic E-state index is -0.572. The molecule has 12 heteroatoms. The van der Waals surface area contributed by atoms with Gasteiger partial charge in [-0.1, -0.05) is 30.3 Å². The Hall–Kier alpha value is -3.38. The van der Waals surface area contributed by atoms with E-state index >= 15 is 0 Å². The molecule has 2 heterocycles. The summed E-state index contributed by atoms with van der Waals surface area (Å²) < 4.78 is 20.8. The highest BCUT2D eigenvalue weighted by atomic mass is 16.6. The Morgan fingerprint density at radius 1 is 0.800 bits per heavy atom. The summed E-state index contributed by atoms with van der Waals surface area (Å²) in [6.45, 7) is 18.5. The molecule has 0 aromatic heterocycles. The molecule has 3 rings (SSSR count). The molecule has 2 fully saturated rings. The first-order valence-electron chi connectivity index (χ1n) is 15.9. The Kier molecular flexibility index (Phi) is 15.1. The highest BCUT2D eigenvalue weighted by Gasteiger charge is 2.37. The number of nitrogens with one attached hydrogen (secondary N) is 3. The molecule has 4 unspecified atom stereocenters. The first-order valence-corrected chi connectivity index (χ1v) is 15.9. The van der Waals surface area contributed by atoms with Gasteiger partial charge in [0.1, 0.15) is 11.2 Å². The second-order valence-corrected chi connectivity index (χ2v) is 13.2. The van der Waals surface area contributed by atoms with Gasteiger partial charge in [0.25, 0.3) is 0 Å². The molecule has 0 radical (unpaired) electrons. The lowest BCUT2D eigenvalue weighted by Crippen LogP contribution is -2.54. The van der Waals surface area contributed by atoms with Crippen LogP contribution in [0.15, 0.2) is 30.3 Å². The van der Waals surface area contributed by atoms with Crippen LogP contribution in [0.3, 0.4) is 0 Å². The number of benzene rings is 1. The Morgan fingerprint density at radius 2 is 1.31 bits per heavy atom. The van der Waals surface area contributed by atoms with E-state index in [0.29, 0.717) is 39.1 Å². The number of amides is 2. The molecule has 2 aliphatic rings. The molecule has 45 heavy (non-hydrogen) atoms. The summed E-state index contributed by atoms with van der Waals surface area (Å²) in [5.41, 5.74) is 0.0853. The Balaban J connectivity index is 0.000000330. The maximum absolute atomic E-state index is 12.4. The highest BCUT2D eigenvalue weighted by Crippen LogP contribution is 2.22. The van der Waals surface area contributed by atoms with Crippen LogP contribution in [0.1, 0.15) is 73.8 Å². The van der Waals surface area contributed by atoms with Crippen LogP contribution >= 0.6 is 0 Å². The van der Waals surface area contributed by atoms with Crippen molar-refractivity contribution in [1.82, 2.24) is 20.9 Å². The van der Waals surface area contributed by atoms with Crippen LogP contribution in [0.25, 0.3) is 0 Å². The lowest BCUT2D eigenvalue weighted by Gasteiger charge is -2.37. The summed E-state index contributed by atoms with van der Waals surface area (Å²) in [7, 11) is 0. The molecule has 0 saturated carbocycles. The van der Waals surface area contributed by atoms with Crippen LogP contribution in [0.2, 0.25) is 0 Å². The van der Waals surface area contributed by atoms with E-state index < -0.39 is 29.3 Å². The van der Waals surface area contributed by atoms with Gasteiger partial charge in [0, 0.05) is 38.3 Å². The molecule has 12 nitrogen and oxygen atoms in total.